The fourth-order valence-electron chi connectivity index (χ4n) is 3.70. The van der Waals surface area contributed by atoms with Crippen LogP contribution < -0.4 is 19.5 Å². The number of aryl methyl sites for hydroxylation is 1. The predicted octanol–water partition coefficient (Wildman–Crippen LogP) is 3.83. The molecule has 2 aliphatic rings. The molecule has 0 bridgehead atoms. The SMILES string of the molecule is CNC(=O)CCOc1ccccc1F.c1cc2c(cc1CCCN1CCCC1)OCCO2. The lowest BCUT2D eigenvalue weighted by molar-refractivity contribution is -0.121. The maximum atomic E-state index is 13.0. The second-order valence-electron chi connectivity index (χ2n) is 7.83. The smallest absolute Gasteiger partial charge is 0.223 e. The second kappa shape index (κ2) is 12.9. The van der Waals surface area contributed by atoms with Gasteiger partial charge in [-0.05, 0) is 75.1 Å². The van der Waals surface area contributed by atoms with E-state index >= 15 is 0 Å². The summed E-state index contributed by atoms with van der Waals surface area (Å²) in [6.45, 7) is 5.34. The largest absolute Gasteiger partial charge is 0.490 e. The molecule has 0 spiro atoms. The predicted molar refractivity (Wildman–Crippen MR) is 122 cm³/mol. The summed E-state index contributed by atoms with van der Waals surface area (Å²) in [5.41, 5.74) is 1.36. The van der Waals surface area contributed by atoms with Crippen LogP contribution in [0, 0.1) is 5.82 Å². The summed E-state index contributed by atoms with van der Waals surface area (Å²) in [4.78, 5) is 13.4. The summed E-state index contributed by atoms with van der Waals surface area (Å²) in [6, 6.07) is 12.4. The Hall–Kier alpha value is -2.80. The molecule has 2 aromatic carbocycles. The molecule has 0 aliphatic carbocycles. The molecule has 6 nitrogen and oxygen atoms in total. The van der Waals surface area contributed by atoms with Crippen LogP contribution in [0.3, 0.4) is 0 Å². The van der Waals surface area contributed by atoms with Gasteiger partial charge in [0.15, 0.2) is 23.1 Å². The van der Waals surface area contributed by atoms with Crippen molar-refractivity contribution in [1.82, 2.24) is 10.2 Å². The fourth-order valence-corrected chi connectivity index (χ4v) is 3.70. The molecule has 0 saturated carbocycles. The van der Waals surface area contributed by atoms with E-state index in [1.807, 2.05) is 6.07 Å². The number of carbonyl (C=O) groups is 1. The Bertz CT molecular complexity index is 856. The quantitative estimate of drug-likeness (QED) is 0.671. The number of ether oxygens (including phenoxy) is 3. The molecule has 0 atom stereocenters. The van der Waals surface area contributed by atoms with E-state index in [1.54, 1.807) is 19.2 Å². The van der Waals surface area contributed by atoms with Crippen LogP contribution in [-0.2, 0) is 11.2 Å². The van der Waals surface area contributed by atoms with Crippen molar-refractivity contribution in [3.63, 3.8) is 0 Å². The molecule has 4 rings (SSSR count). The standard InChI is InChI=1S/C15H21NO2.C10H12FNO2/c1-2-8-16(7-1)9-3-4-13-5-6-14-15(12-13)18-11-10-17-14;1-12-10(13)6-7-14-9-5-3-2-4-8(9)11/h5-6,12H,1-4,7-11H2;2-5H,6-7H2,1H3,(H,12,13). The number of halogens is 1. The Morgan fingerprint density at radius 2 is 1.84 bits per heavy atom. The number of carbonyl (C=O) groups excluding carboxylic acids is 1. The van der Waals surface area contributed by atoms with Gasteiger partial charge in [-0.3, -0.25) is 4.79 Å². The number of nitrogens with zero attached hydrogens (tertiary/aromatic N) is 1. The van der Waals surface area contributed by atoms with Crippen molar-refractivity contribution >= 4 is 5.91 Å². The van der Waals surface area contributed by atoms with Crippen molar-refractivity contribution in [2.24, 2.45) is 0 Å². The topological polar surface area (TPSA) is 60.0 Å². The molecule has 1 amide bonds. The summed E-state index contributed by atoms with van der Waals surface area (Å²) in [5, 5.41) is 2.45. The normalized spacial score (nSPS) is 14.9. The number of fused-ring (bicyclic) bond motifs is 1. The van der Waals surface area contributed by atoms with E-state index in [0.717, 1.165) is 17.9 Å². The van der Waals surface area contributed by atoms with Crippen molar-refractivity contribution in [3.8, 4) is 17.2 Å². The first-order valence-corrected chi connectivity index (χ1v) is 11.3. The highest BCUT2D eigenvalue weighted by Crippen LogP contribution is 2.31. The van der Waals surface area contributed by atoms with Crippen LogP contribution in [0.2, 0.25) is 0 Å². The molecule has 1 N–H and O–H groups in total. The van der Waals surface area contributed by atoms with Gasteiger partial charge < -0.3 is 24.4 Å². The van der Waals surface area contributed by atoms with Gasteiger partial charge in [-0.1, -0.05) is 18.2 Å². The first-order chi connectivity index (χ1) is 15.7. The Kier molecular flexibility index (Phi) is 9.62. The monoisotopic (exact) mass is 444 g/mol. The lowest BCUT2D eigenvalue weighted by Crippen LogP contribution is -2.20. The van der Waals surface area contributed by atoms with Gasteiger partial charge in [0.25, 0.3) is 0 Å². The van der Waals surface area contributed by atoms with E-state index in [4.69, 9.17) is 14.2 Å². The molecule has 1 saturated heterocycles. The number of para-hydroxylation sites is 1. The molecule has 0 unspecified atom stereocenters. The minimum absolute atomic E-state index is 0.124. The molecular formula is C25H33FN2O4. The molecule has 2 aromatic rings. The third kappa shape index (κ3) is 7.71. The van der Waals surface area contributed by atoms with Crippen LogP contribution in [-0.4, -0.2) is 57.3 Å². The van der Waals surface area contributed by atoms with E-state index in [-0.39, 0.29) is 24.7 Å². The van der Waals surface area contributed by atoms with Crippen LogP contribution in [0.1, 0.15) is 31.2 Å². The molecule has 0 aromatic heterocycles. The van der Waals surface area contributed by atoms with Gasteiger partial charge in [0.1, 0.15) is 13.2 Å². The lowest BCUT2D eigenvalue weighted by Gasteiger charge is -2.19. The summed E-state index contributed by atoms with van der Waals surface area (Å²) in [7, 11) is 1.55. The molecule has 0 radical (unpaired) electrons. The van der Waals surface area contributed by atoms with Gasteiger partial charge in [-0.15, -0.1) is 0 Å². The number of amides is 1. The average Bonchev–Trinajstić information content (AvgIpc) is 3.34. The number of rotatable bonds is 8. The summed E-state index contributed by atoms with van der Waals surface area (Å²) < 4.78 is 29.2. The first-order valence-electron chi connectivity index (χ1n) is 11.3. The third-order valence-corrected chi connectivity index (χ3v) is 5.45. The van der Waals surface area contributed by atoms with Crippen molar-refractivity contribution in [2.75, 3.05) is 46.5 Å². The van der Waals surface area contributed by atoms with Crippen molar-refractivity contribution in [3.05, 3.63) is 53.8 Å². The number of hydrogen-bond donors (Lipinski definition) is 1. The number of hydrogen-bond acceptors (Lipinski definition) is 5. The molecule has 32 heavy (non-hydrogen) atoms. The first kappa shape index (κ1) is 23.9. The van der Waals surface area contributed by atoms with Crippen LogP contribution >= 0.6 is 0 Å². The minimum atomic E-state index is -0.413. The highest BCUT2D eigenvalue weighted by Gasteiger charge is 2.13. The van der Waals surface area contributed by atoms with Crippen LogP contribution in [0.15, 0.2) is 42.5 Å². The molecule has 174 valence electrons. The Labute approximate surface area is 189 Å². The number of benzene rings is 2. The van der Waals surface area contributed by atoms with Crippen LogP contribution in [0.5, 0.6) is 17.2 Å². The average molecular weight is 445 g/mol. The van der Waals surface area contributed by atoms with E-state index in [9.17, 15) is 9.18 Å². The molecule has 2 heterocycles. The van der Waals surface area contributed by atoms with Crippen LogP contribution in [0.4, 0.5) is 4.39 Å². The van der Waals surface area contributed by atoms with Crippen molar-refractivity contribution < 1.29 is 23.4 Å². The van der Waals surface area contributed by atoms with E-state index < -0.39 is 5.82 Å². The molecule has 2 aliphatic heterocycles. The Morgan fingerprint density at radius 3 is 2.59 bits per heavy atom. The van der Waals surface area contributed by atoms with E-state index in [0.29, 0.717) is 13.2 Å². The van der Waals surface area contributed by atoms with E-state index in [2.05, 4.69) is 22.3 Å². The summed E-state index contributed by atoms with van der Waals surface area (Å²) >= 11 is 0. The summed E-state index contributed by atoms with van der Waals surface area (Å²) in [6.07, 6.45) is 5.35. The van der Waals surface area contributed by atoms with Gasteiger partial charge in [0, 0.05) is 7.05 Å². The van der Waals surface area contributed by atoms with Gasteiger partial charge in [0.05, 0.1) is 13.0 Å². The zero-order chi connectivity index (χ0) is 22.6. The second-order valence-corrected chi connectivity index (χ2v) is 7.83. The maximum absolute atomic E-state index is 13.0. The van der Waals surface area contributed by atoms with Crippen molar-refractivity contribution in [1.29, 1.82) is 0 Å². The molecule has 1 fully saturated rings. The summed E-state index contributed by atoms with van der Waals surface area (Å²) in [5.74, 6) is 1.45. The zero-order valence-corrected chi connectivity index (χ0v) is 18.8. The van der Waals surface area contributed by atoms with Crippen molar-refractivity contribution in [2.45, 2.75) is 32.1 Å². The lowest BCUT2D eigenvalue weighted by atomic mass is 10.1. The highest BCUT2D eigenvalue weighted by atomic mass is 19.1. The van der Waals surface area contributed by atoms with Gasteiger partial charge in [0.2, 0.25) is 5.91 Å². The number of likely N-dealkylation sites (tertiary alicyclic amines) is 1. The Balaban J connectivity index is 0.000000188. The highest BCUT2D eigenvalue weighted by molar-refractivity contribution is 5.75. The molecule has 7 heteroatoms. The maximum Gasteiger partial charge on any atom is 0.223 e. The van der Waals surface area contributed by atoms with Gasteiger partial charge in [-0.25, -0.2) is 4.39 Å². The zero-order valence-electron chi connectivity index (χ0n) is 18.8. The third-order valence-electron chi connectivity index (χ3n) is 5.45. The Morgan fingerprint density at radius 1 is 1.09 bits per heavy atom. The number of nitrogens with one attached hydrogen (secondary N) is 1. The van der Waals surface area contributed by atoms with Gasteiger partial charge in [-0.2, -0.15) is 0 Å². The molecular weight excluding hydrogens is 411 g/mol. The minimum Gasteiger partial charge on any atom is -0.490 e. The van der Waals surface area contributed by atoms with Crippen LogP contribution in [0.25, 0.3) is 0 Å². The fraction of sp³-hybridized carbons (Fsp3) is 0.480. The van der Waals surface area contributed by atoms with Gasteiger partial charge >= 0.3 is 0 Å². The van der Waals surface area contributed by atoms with E-state index in [1.165, 1.54) is 56.6 Å².